The number of methoxy groups -OCH3 is 1. The molecule has 2 aromatic carbocycles. The lowest BCUT2D eigenvalue weighted by atomic mass is 9.92. The molecule has 5 heteroatoms. The van der Waals surface area contributed by atoms with E-state index in [1.807, 2.05) is 24.4 Å². The summed E-state index contributed by atoms with van der Waals surface area (Å²) in [4.78, 5) is 0. The summed E-state index contributed by atoms with van der Waals surface area (Å²) in [5.41, 5.74) is 3.52. The standard InChI is InChI=1S/C22H27N3O2/c1-15-20-14-24-25-21(20)11-12-22(15)27-19-9-5-17(6-10-19)23-13-16-3-7-18(26-2)8-4-16/h3-4,7-8,11-12,14,17,19,23H,5-6,9-10,13H2,1-2H3,(H,24,25)/t17-,19+. The number of aromatic nitrogens is 2. The Morgan fingerprint density at radius 2 is 1.85 bits per heavy atom. The summed E-state index contributed by atoms with van der Waals surface area (Å²) in [5, 5.41) is 12.0. The molecule has 3 aromatic rings. The van der Waals surface area contributed by atoms with Crippen LogP contribution in [0.1, 0.15) is 36.8 Å². The lowest BCUT2D eigenvalue weighted by Crippen LogP contribution is -2.36. The Bertz CT molecular complexity index is 880. The second-order valence-electron chi connectivity index (χ2n) is 7.34. The van der Waals surface area contributed by atoms with Gasteiger partial charge in [0.2, 0.25) is 0 Å². The van der Waals surface area contributed by atoms with Crippen LogP contribution >= 0.6 is 0 Å². The van der Waals surface area contributed by atoms with Crippen LogP contribution in [0, 0.1) is 6.92 Å². The van der Waals surface area contributed by atoms with E-state index in [-0.39, 0.29) is 0 Å². The fraction of sp³-hybridized carbons (Fsp3) is 0.409. The van der Waals surface area contributed by atoms with Crippen LogP contribution in [-0.4, -0.2) is 29.5 Å². The maximum absolute atomic E-state index is 6.32. The van der Waals surface area contributed by atoms with Crippen LogP contribution in [0.2, 0.25) is 0 Å². The van der Waals surface area contributed by atoms with Crippen molar-refractivity contribution in [1.82, 2.24) is 15.5 Å². The van der Waals surface area contributed by atoms with Gasteiger partial charge in [0.15, 0.2) is 0 Å². The molecule has 0 bridgehead atoms. The third-order valence-electron chi connectivity index (χ3n) is 5.57. The van der Waals surface area contributed by atoms with Gasteiger partial charge in [0.05, 0.1) is 24.9 Å². The Kier molecular flexibility index (Phi) is 5.30. The molecule has 1 aromatic heterocycles. The van der Waals surface area contributed by atoms with E-state index in [1.165, 1.54) is 11.1 Å². The zero-order valence-electron chi connectivity index (χ0n) is 16.0. The van der Waals surface area contributed by atoms with Gasteiger partial charge in [-0.05, 0) is 62.4 Å². The molecule has 2 N–H and O–H groups in total. The largest absolute Gasteiger partial charge is 0.497 e. The number of aromatic amines is 1. The van der Waals surface area contributed by atoms with Crippen molar-refractivity contribution < 1.29 is 9.47 Å². The van der Waals surface area contributed by atoms with Crippen molar-refractivity contribution in [3.8, 4) is 11.5 Å². The molecule has 1 heterocycles. The molecule has 142 valence electrons. The molecule has 0 aliphatic heterocycles. The van der Waals surface area contributed by atoms with Gasteiger partial charge in [0, 0.05) is 23.5 Å². The third kappa shape index (κ3) is 4.08. The van der Waals surface area contributed by atoms with E-state index in [0.717, 1.165) is 54.6 Å². The van der Waals surface area contributed by atoms with E-state index in [0.29, 0.717) is 12.1 Å². The number of rotatable bonds is 6. The highest BCUT2D eigenvalue weighted by atomic mass is 16.5. The summed E-state index contributed by atoms with van der Waals surface area (Å²) in [6.07, 6.45) is 6.64. The van der Waals surface area contributed by atoms with Gasteiger partial charge >= 0.3 is 0 Å². The molecule has 5 nitrogen and oxygen atoms in total. The first kappa shape index (κ1) is 17.9. The van der Waals surface area contributed by atoms with Crippen molar-refractivity contribution in [3.63, 3.8) is 0 Å². The first-order valence-electron chi connectivity index (χ1n) is 9.68. The number of hydrogen-bond donors (Lipinski definition) is 2. The topological polar surface area (TPSA) is 59.2 Å². The van der Waals surface area contributed by atoms with Gasteiger partial charge in [-0.2, -0.15) is 5.10 Å². The zero-order valence-corrected chi connectivity index (χ0v) is 16.0. The van der Waals surface area contributed by atoms with E-state index in [1.54, 1.807) is 7.11 Å². The molecule has 0 radical (unpaired) electrons. The quantitative estimate of drug-likeness (QED) is 0.681. The second-order valence-corrected chi connectivity index (χ2v) is 7.34. The maximum Gasteiger partial charge on any atom is 0.123 e. The predicted molar refractivity (Wildman–Crippen MR) is 107 cm³/mol. The molecule has 0 amide bonds. The van der Waals surface area contributed by atoms with Crippen molar-refractivity contribution in [1.29, 1.82) is 0 Å². The average molecular weight is 365 g/mol. The van der Waals surface area contributed by atoms with Crippen LogP contribution in [-0.2, 0) is 6.54 Å². The summed E-state index contributed by atoms with van der Waals surface area (Å²) in [5.74, 6) is 1.89. The van der Waals surface area contributed by atoms with Crippen LogP contribution in [0.15, 0.2) is 42.6 Å². The molecule has 1 saturated carbocycles. The summed E-state index contributed by atoms with van der Waals surface area (Å²) in [7, 11) is 1.70. The van der Waals surface area contributed by atoms with E-state index in [9.17, 15) is 0 Å². The number of hydrogen-bond acceptors (Lipinski definition) is 4. The molecule has 1 aliphatic rings. The molecule has 0 unspecified atom stereocenters. The van der Waals surface area contributed by atoms with Crippen LogP contribution in [0.3, 0.4) is 0 Å². The molecular weight excluding hydrogens is 338 g/mol. The minimum atomic E-state index is 0.298. The Morgan fingerprint density at radius 1 is 1.07 bits per heavy atom. The zero-order chi connectivity index (χ0) is 18.6. The van der Waals surface area contributed by atoms with E-state index in [4.69, 9.17) is 9.47 Å². The number of nitrogens with zero attached hydrogens (tertiary/aromatic N) is 1. The van der Waals surface area contributed by atoms with Gasteiger partial charge in [-0.15, -0.1) is 0 Å². The SMILES string of the molecule is COc1ccc(CN[C@H]2CC[C@@H](Oc3ccc4[nH]ncc4c3C)CC2)cc1. The van der Waals surface area contributed by atoms with E-state index >= 15 is 0 Å². The minimum absolute atomic E-state index is 0.298. The average Bonchev–Trinajstić information content (AvgIpc) is 3.20. The van der Waals surface area contributed by atoms with Gasteiger partial charge in [0.25, 0.3) is 0 Å². The highest BCUT2D eigenvalue weighted by Crippen LogP contribution is 2.30. The third-order valence-corrected chi connectivity index (χ3v) is 5.57. The highest BCUT2D eigenvalue weighted by Gasteiger charge is 2.23. The Balaban J connectivity index is 1.27. The van der Waals surface area contributed by atoms with Crippen molar-refractivity contribution >= 4 is 10.9 Å². The monoisotopic (exact) mass is 365 g/mol. The summed E-state index contributed by atoms with van der Waals surface area (Å²) < 4.78 is 11.5. The summed E-state index contributed by atoms with van der Waals surface area (Å²) in [6, 6.07) is 12.9. The van der Waals surface area contributed by atoms with Crippen LogP contribution in [0.25, 0.3) is 10.9 Å². The number of ether oxygens (including phenoxy) is 2. The Labute approximate surface area is 160 Å². The van der Waals surface area contributed by atoms with E-state index < -0.39 is 0 Å². The van der Waals surface area contributed by atoms with Crippen LogP contribution < -0.4 is 14.8 Å². The first-order valence-corrected chi connectivity index (χ1v) is 9.68. The molecule has 27 heavy (non-hydrogen) atoms. The van der Waals surface area contributed by atoms with Gasteiger partial charge < -0.3 is 14.8 Å². The Hall–Kier alpha value is -2.53. The number of aryl methyl sites for hydroxylation is 1. The molecule has 0 atom stereocenters. The number of nitrogens with one attached hydrogen (secondary N) is 2. The van der Waals surface area contributed by atoms with Gasteiger partial charge in [-0.25, -0.2) is 0 Å². The molecule has 0 spiro atoms. The minimum Gasteiger partial charge on any atom is -0.497 e. The first-order chi connectivity index (χ1) is 13.2. The lowest BCUT2D eigenvalue weighted by Gasteiger charge is -2.30. The molecule has 4 rings (SSSR count). The number of fused-ring (bicyclic) bond motifs is 1. The van der Waals surface area contributed by atoms with Crippen LogP contribution in [0.4, 0.5) is 0 Å². The fourth-order valence-electron chi connectivity index (χ4n) is 3.84. The van der Waals surface area contributed by atoms with Crippen molar-refractivity contribution in [3.05, 3.63) is 53.7 Å². The number of benzene rings is 2. The maximum atomic E-state index is 6.32. The smallest absolute Gasteiger partial charge is 0.123 e. The highest BCUT2D eigenvalue weighted by molar-refractivity contribution is 5.83. The molecule has 1 fully saturated rings. The Morgan fingerprint density at radius 3 is 2.59 bits per heavy atom. The number of H-pyrrole nitrogens is 1. The molecular formula is C22H27N3O2. The fourth-order valence-corrected chi connectivity index (χ4v) is 3.84. The summed E-state index contributed by atoms with van der Waals surface area (Å²) >= 11 is 0. The van der Waals surface area contributed by atoms with Crippen LogP contribution in [0.5, 0.6) is 11.5 Å². The summed E-state index contributed by atoms with van der Waals surface area (Å²) in [6.45, 7) is 3.01. The molecule has 1 aliphatic carbocycles. The van der Waals surface area contributed by atoms with Gasteiger partial charge in [-0.3, -0.25) is 5.10 Å². The van der Waals surface area contributed by atoms with E-state index in [2.05, 4.69) is 40.6 Å². The van der Waals surface area contributed by atoms with Crippen molar-refractivity contribution in [2.75, 3.05) is 7.11 Å². The van der Waals surface area contributed by atoms with Crippen molar-refractivity contribution in [2.24, 2.45) is 0 Å². The lowest BCUT2D eigenvalue weighted by molar-refractivity contribution is 0.138. The predicted octanol–water partition coefficient (Wildman–Crippen LogP) is 4.36. The normalized spacial score (nSPS) is 19.9. The molecule has 0 saturated heterocycles. The van der Waals surface area contributed by atoms with Crippen molar-refractivity contribution in [2.45, 2.75) is 51.3 Å². The second kappa shape index (κ2) is 8.01. The van der Waals surface area contributed by atoms with Gasteiger partial charge in [0.1, 0.15) is 11.5 Å². The van der Waals surface area contributed by atoms with Gasteiger partial charge in [-0.1, -0.05) is 12.1 Å².